The summed E-state index contributed by atoms with van der Waals surface area (Å²) in [6.45, 7) is 0. The molecule has 2 rings (SSSR count). The molecular weight excluding hydrogens is 352 g/mol. The quantitative estimate of drug-likeness (QED) is 0.438. The minimum atomic E-state index is -0.892. The number of rotatable bonds is 7. The Morgan fingerprint density at radius 1 is 1.27 bits per heavy atom. The molecule has 1 aromatic carbocycles. The van der Waals surface area contributed by atoms with Gasteiger partial charge in [-0.05, 0) is 36.7 Å². The van der Waals surface area contributed by atoms with Crippen molar-refractivity contribution < 1.29 is 14.6 Å². The Bertz CT molecular complexity index is 783. The third-order valence-corrected chi connectivity index (χ3v) is 4.41. The third kappa shape index (κ3) is 5.98. The summed E-state index contributed by atoms with van der Waals surface area (Å²) in [6.07, 6.45) is 3.50. The Kier molecular flexibility index (Phi) is 7.31. The second-order valence-electron chi connectivity index (χ2n) is 5.45. The van der Waals surface area contributed by atoms with Gasteiger partial charge < -0.3 is 15.2 Å². The van der Waals surface area contributed by atoms with E-state index in [1.165, 1.54) is 0 Å². The van der Waals surface area contributed by atoms with Gasteiger partial charge in [0.2, 0.25) is 11.1 Å². The minimum Gasteiger partial charge on any atom is -0.480 e. The number of thioether (sulfide) groups is 1. The molecule has 1 aromatic heterocycles. The third-order valence-electron chi connectivity index (χ3n) is 3.58. The molecule has 7 nitrogen and oxygen atoms in total. The van der Waals surface area contributed by atoms with Gasteiger partial charge in [0.25, 0.3) is 0 Å². The van der Waals surface area contributed by atoms with Gasteiger partial charge in [-0.2, -0.15) is 0 Å². The number of pyridine rings is 1. The van der Waals surface area contributed by atoms with E-state index in [2.05, 4.69) is 10.3 Å². The first-order chi connectivity index (χ1) is 12.5. The van der Waals surface area contributed by atoms with E-state index in [-0.39, 0.29) is 11.1 Å². The van der Waals surface area contributed by atoms with Gasteiger partial charge in [-0.25, -0.2) is 0 Å². The van der Waals surface area contributed by atoms with Crippen LogP contribution in [0.1, 0.15) is 16.7 Å². The zero-order valence-corrected chi connectivity index (χ0v) is 15.0. The molecule has 0 fully saturated rings. The van der Waals surface area contributed by atoms with Gasteiger partial charge >= 0.3 is 5.97 Å². The summed E-state index contributed by atoms with van der Waals surface area (Å²) in [5.41, 5.74) is 2.41. The summed E-state index contributed by atoms with van der Waals surface area (Å²) in [7, 11) is 1.62. The van der Waals surface area contributed by atoms with E-state index >= 15 is 0 Å². The Morgan fingerprint density at radius 2 is 1.96 bits per heavy atom. The SMILES string of the molecule is CNC(Cc1cccc(CSC(=N)OC(=N)c2ccncc2)c1)C(=O)O. The lowest BCUT2D eigenvalue weighted by Crippen LogP contribution is -2.35. The fourth-order valence-corrected chi connectivity index (χ4v) is 2.85. The van der Waals surface area contributed by atoms with Crippen molar-refractivity contribution in [1.29, 1.82) is 10.8 Å². The van der Waals surface area contributed by atoms with Crippen molar-refractivity contribution in [3.05, 3.63) is 65.5 Å². The predicted molar refractivity (Wildman–Crippen MR) is 102 cm³/mol. The summed E-state index contributed by atoms with van der Waals surface area (Å²) < 4.78 is 5.22. The summed E-state index contributed by atoms with van der Waals surface area (Å²) in [5, 5.41) is 27.5. The van der Waals surface area contributed by atoms with Crippen LogP contribution in [0.3, 0.4) is 0 Å². The summed E-state index contributed by atoms with van der Waals surface area (Å²) >= 11 is 1.16. The number of carboxylic acids is 1. The molecule has 4 N–H and O–H groups in total. The van der Waals surface area contributed by atoms with Crippen molar-refractivity contribution in [2.75, 3.05) is 7.05 Å². The van der Waals surface area contributed by atoms with Crippen LogP contribution in [0.4, 0.5) is 0 Å². The molecule has 1 unspecified atom stereocenters. The van der Waals surface area contributed by atoms with E-state index in [9.17, 15) is 4.79 Å². The highest BCUT2D eigenvalue weighted by Crippen LogP contribution is 2.17. The Hall–Kier alpha value is -2.71. The molecule has 8 heteroatoms. The van der Waals surface area contributed by atoms with Crippen LogP contribution in [-0.4, -0.2) is 40.3 Å². The highest BCUT2D eigenvalue weighted by Gasteiger charge is 2.15. The number of benzene rings is 1. The van der Waals surface area contributed by atoms with Crippen molar-refractivity contribution in [3.63, 3.8) is 0 Å². The number of carboxylic acid groups (broad SMARTS) is 1. The second kappa shape index (κ2) is 9.69. The smallest absolute Gasteiger partial charge is 0.321 e. The number of nitrogens with one attached hydrogen (secondary N) is 3. The summed E-state index contributed by atoms with van der Waals surface area (Å²) in [5.74, 6) is -0.498. The molecule has 0 bridgehead atoms. The van der Waals surface area contributed by atoms with E-state index in [4.69, 9.17) is 20.7 Å². The van der Waals surface area contributed by atoms with Gasteiger partial charge in [-0.3, -0.25) is 20.6 Å². The fourth-order valence-electron chi connectivity index (χ4n) is 2.23. The average molecular weight is 372 g/mol. The maximum Gasteiger partial charge on any atom is 0.321 e. The number of carbonyl (C=O) groups is 1. The first kappa shape index (κ1) is 19.6. The van der Waals surface area contributed by atoms with Crippen LogP contribution in [0, 0.1) is 10.8 Å². The van der Waals surface area contributed by atoms with Gasteiger partial charge in [-0.1, -0.05) is 36.0 Å². The number of hydrogen-bond acceptors (Lipinski definition) is 7. The van der Waals surface area contributed by atoms with Crippen LogP contribution in [-0.2, 0) is 21.7 Å². The van der Waals surface area contributed by atoms with Crippen LogP contribution >= 0.6 is 11.8 Å². The average Bonchev–Trinajstić information content (AvgIpc) is 2.65. The first-order valence-electron chi connectivity index (χ1n) is 7.85. The number of likely N-dealkylation sites (N-methyl/N-ethyl adjacent to an activating group) is 1. The monoisotopic (exact) mass is 372 g/mol. The van der Waals surface area contributed by atoms with Crippen LogP contribution in [0.25, 0.3) is 0 Å². The Balaban J connectivity index is 1.89. The van der Waals surface area contributed by atoms with E-state index in [1.807, 2.05) is 24.3 Å². The molecule has 26 heavy (non-hydrogen) atoms. The zero-order chi connectivity index (χ0) is 18.9. The van der Waals surface area contributed by atoms with Crippen molar-refractivity contribution in [1.82, 2.24) is 10.3 Å². The summed E-state index contributed by atoms with van der Waals surface area (Å²) in [6, 6.07) is 10.2. The molecule has 2 aromatic rings. The molecule has 0 saturated heterocycles. The van der Waals surface area contributed by atoms with Crippen molar-refractivity contribution in [3.8, 4) is 0 Å². The van der Waals surface area contributed by atoms with E-state index in [0.29, 0.717) is 17.7 Å². The van der Waals surface area contributed by atoms with Gasteiger partial charge in [0.1, 0.15) is 6.04 Å². The van der Waals surface area contributed by atoms with Gasteiger partial charge in [0.05, 0.1) is 0 Å². The number of aromatic nitrogens is 1. The lowest BCUT2D eigenvalue weighted by molar-refractivity contribution is -0.139. The molecule has 0 aliphatic heterocycles. The highest BCUT2D eigenvalue weighted by molar-refractivity contribution is 8.12. The molecule has 1 atom stereocenters. The Labute approximate surface area is 155 Å². The summed E-state index contributed by atoms with van der Waals surface area (Å²) in [4.78, 5) is 15.0. The van der Waals surface area contributed by atoms with Crippen LogP contribution < -0.4 is 5.32 Å². The number of hydrogen-bond donors (Lipinski definition) is 4. The molecule has 0 aliphatic rings. The number of aliphatic carboxylic acids is 1. The van der Waals surface area contributed by atoms with Gasteiger partial charge in [0.15, 0.2) is 0 Å². The predicted octanol–water partition coefficient (Wildman–Crippen LogP) is 2.51. The van der Waals surface area contributed by atoms with E-state index < -0.39 is 12.0 Å². The largest absolute Gasteiger partial charge is 0.480 e. The normalized spacial score (nSPS) is 11.6. The van der Waals surface area contributed by atoms with Gasteiger partial charge in [0, 0.05) is 23.7 Å². The van der Waals surface area contributed by atoms with Crippen molar-refractivity contribution >= 4 is 28.9 Å². The highest BCUT2D eigenvalue weighted by atomic mass is 32.2. The first-order valence-corrected chi connectivity index (χ1v) is 8.84. The molecule has 0 amide bonds. The fraction of sp³-hybridized carbons (Fsp3) is 0.222. The second-order valence-corrected chi connectivity index (χ2v) is 6.39. The topological polar surface area (TPSA) is 119 Å². The van der Waals surface area contributed by atoms with Crippen LogP contribution in [0.2, 0.25) is 0 Å². The molecule has 0 spiro atoms. The number of ether oxygens (including phenoxy) is 1. The lowest BCUT2D eigenvalue weighted by atomic mass is 10.0. The molecule has 0 saturated carbocycles. The van der Waals surface area contributed by atoms with Crippen molar-refractivity contribution in [2.24, 2.45) is 0 Å². The minimum absolute atomic E-state index is 0.0733. The maximum absolute atomic E-state index is 11.1. The van der Waals surface area contributed by atoms with Crippen molar-refractivity contribution in [2.45, 2.75) is 18.2 Å². The zero-order valence-electron chi connectivity index (χ0n) is 14.2. The van der Waals surface area contributed by atoms with Crippen LogP contribution in [0.15, 0.2) is 48.8 Å². The number of nitrogens with zero attached hydrogens (tertiary/aromatic N) is 1. The molecule has 0 aliphatic carbocycles. The van der Waals surface area contributed by atoms with Crippen LogP contribution in [0.5, 0.6) is 0 Å². The van der Waals surface area contributed by atoms with E-state index in [0.717, 1.165) is 22.9 Å². The lowest BCUT2D eigenvalue weighted by Gasteiger charge is -2.12. The molecule has 0 radical (unpaired) electrons. The van der Waals surface area contributed by atoms with Gasteiger partial charge in [-0.15, -0.1) is 0 Å². The standard InChI is InChI=1S/C18H20N4O3S/c1-21-15(17(23)24)10-12-3-2-4-13(9-12)11-26-18(20)25-16(19)14-5-7-22-8-6-14/h2-9,15,19-21H,10-11H2,1H3,(H,23,24). The molecular formula is C18H20N4O3S. The Morgan fingerprint density at radius 3 is 2.62 bits per heavy atom. The molecule has 1 heterocycles. The van der Waals surface area contributed by atoms with E-state index in [1.54, 1.807) is 31.6 Å². The molecule has 136 valence electrons. The maximum atomic E-state index is 11.1.